The first-order chi connectivity index (χ1) is 17.7. The second kappa shape index (κ2) is 9.17. The van der Waals surface area contributed by atoms with E-state index in [0.29, 0.717) is 11.6 Å². The molecule has 0 saturated heterocycles. The van der Waals surface area contributed by atoms with Crippen molar-refractivity contribution in [1.82, 2.24) is 44.1 Å². The van der Waals surface area contributed by atoms with Crippen molar-refractivity contribution in [3.8, 4) is 5.82 Å². The van der Waals surface area contributed by atoms with Gasteiger partial charge in [0.2, 0.25) is 5.95 Å². The molecule has 11 heteroatoms. The maximum absolute atomic E-state index is 4.69. The molecule has 0 atom stereocenters. The molecule has 0 unspecified atom stereocenters. The number of aryl methyl sites for hydroxylation is 2. The topological polar surface area (TPSA) is 115 Å². The lowest BCUT2D eigenvalue weighted by atomic mass is 10.1. The van der Waals surface area contributed by atoms with Crippen LogP contribution in [0.5, 0.6) is 0 Å². The third-order valence-corrected chi connectivity index (χ3v) is 6.33. The van der Waals surface area contributed by atoms with Crippen molar-refractivity contribution in [3.05, 3.63) is 78.8 Å². The van der Waals surface area contributed by atoms with Crippen LogP contribution in [0.15, 0.2) is 61.8 Å². The lowest BCUT2D eigenvalue weighted by Crippen LogP contribution is -2.30. The van der Waals surface area contributed by atoms with Crippen molar-refractivity contribution in [1.29, 1.82) is 0 Å². The maximum Gasteiger partial charge on any atom is 0.225 e. The average molecular weight is 480 g/mol. The van der Waals surface area contributed by atoms with E-state index in [0.717, 1.165) is 60.2 Å². The van der Waals surface area contributed by atoms with Crippen LogP contribution >= 0.6 is 0 Å². The highest BCUT2D eigenvalue weighted by molar-refractivity contribution is 5.75. The molecule has 5 aromatic heterocycles. The summed E-state index contributed by atoms with van der Waals surface area (Å²) in [5, 5.41) is 7.54. The molecular weight excluding hydrogens is 454 g/mol. The van der Waals surface area contributed by atoms with E-state index in [4.69, 9.17) is 4.98 Å². The summed E-state index contributed by atoms with van der Waals surface area (Å²) < 4.78 is 3.71. The van der Waals surface area contributed by atoms with Crippen molar-refractivity contribution in [2.24, 2.45) is 0 Å². The Morgan fingerprint density at radius 2 is 1.94 bits per heavy atom. The normalized spacial score (nSPS) is 13.7. The Hall–Kier alpha value is -4.67. The molecule has 1 N–H and O–H groups in total. The monoisotopic (exact) mass is 479 g/mol. The number of anilines is 3. The van der Waals surface area contributed by atoms with Gasteiger partial charge in [-0.2, -0.15) is 5.10 Å². The van der Waals surface area contributed by atoms with Gasteiger partial charge in [-0.05, 0) is 43.0 Å². The van der Waals surface area contributed by atoms with Crippen molar-refractivity contribution in [3.63, 3.8) is 0 Å². The van der Waals surface area contributed by atoms with Crippen LogP contribution < -0.4 is 10.2 Å². The molecule has 36 heavy (non-hydrogen) atoms. The summed E-state index contributed by atoms with van der Waals surface area (Å²) in [4.78, 5) is 29.1. The van der Waals surface area contributed by atoms with Gasteiger partial charge in [0, 0.05) is 37.9 Å². The Balaban J connectivity index is 1.23. The largest absolute Gasteiger partial charge is 0.337 e. The number of hydrogen-bond donors (Lipinski definition) is 1. The zero-order valence-electron chi connectivity index (χ0n) is 20.1. The SMILES string of the molecule is CCc1cnc(N2CC=C(c3cnc4c(Nc5ccc(-n6cncn6)nc5C)nccn34)CC2)nc1. The van der Waals surface area contributed by atoms with Crippen LogP contribution in [0.25, 0.3) is 17.0 Å². The molecule has 0 aliphatic carbocycles. The number of fused-ring (bicyclic) bond motifs is 1. The molecule has 11 nitrogen and oxygen atoms in total. The Bertz CT molecular complexity index is 1530. The van der Waals surface area contributed by atoms with Crippen LogP contribution in [0.4, 0.5) is 17.5 Å². The van der Waals surface area contributed by atoms with Gasteiger partial charge >= 0.3 is 0 Å². The number of nitrogens with zero attached hydrogens (tertiary/aromatic N) is 10. The molecule has 1 aliphatic rings. The highest BCUT2D eigenvalue weighted by Crippen LogP contribution is 2.28. The van der Waals surface area contributed by atoms with Gasteiger partial charge in [-0.25, -0.2) is 34.6 Å². The molecule has 180 valence electrons. The van der Waals surface area contributed by atoms with Crippen molar-refractivity contribution in [2.75, 3.05) is 23.3 Å². The molecule has 0 fully saturated rings. The molecule has 0 bridgehead atoms. The van der Waals surface area contributed by atoms with E-state index < -0.39 is 0 Å². The van der Waals surface area contributed by atoms with Crippen LogP contribution in [0.2, 0.25) is 0 Å². The molecule has 5 aromatic rings. The standard InChI is InChI=1S/C25H25N11/c1-3-18-12-29-25(30-13-18)34-9-6-19(7-10-34)21-14-28-24-23(27-8-11-35(21)24)33-20-4-5-22(32-17(20)2)36-16-26-15-31-36/h4-6,8,11-16H,3,7,9-10H2,1-2H3,(H,27,33). The van der Waals surface area contributed by atoms with Gasteiger partial charge in [0.15, 0.2) is 17.3 Å². The molecule has 0 amide bonds. The van der Waals surface area contributed by atoms with Crippen LogP contribution in [0.3, 0.4) is 0 Å². The smallest absolute Gasteiger partial charge is 0.225 e. The predicted octanol–water partition coefficient (Wildman–Crippen LogP) is 3.40. The number of aromatic nitrogens is 9. The van der Waals surface area contributed by atoms with Crippen LogP contribution in [0.1, 0.15) is 30.3 Å². The first-order valence-corrected chi connectivity index (χ1v) is 11.9. The fraction of sp³-hybridized carbons (Fsp3) is 0.240. The highest BCUT2D eigenvalue weighted by Gasteiger charge is 2.19. The molecule has 0 saturated carbocycles. The quantitative estimate of drug-likeness (QED) is 0.391. The maximum atomic E-state index is 4.69. The zero-order chi connectivity index (χ0) is 24.5. The summed E-state index contributed by atoms with van der Waals surface area (Å²) in [6.07, 6.45) is 16.6. The van der Waals surface area contributed by atoms with Crippen molar-refractivity contribution < 1.29 is 0 Å². The van der Waals surface area contributed by atoms with Crippen molar-refractivity contribution in [2.45, 2.75) is 26.7 Å². The number of hydrogen-bond acceptors (Lipinski definition) is 9. The average Bonchev–Trinajstić information content (AvgIpc) is 3.61. The minimum atomic E-state index is 0.671. The Morgan fingerprint density at radius 3 is 2.67 bits per heavy atom. The van der Waals surface area contributed by atoms with E-state index in [-0.39, 0.29) is 0 Å². The van der Waals surface area contributed by atoms with Crippen LogP contribution in [0, 0.1) is 6.92 Å². The van der Waals surface area contributed by atoms with Crippen molar-refractivity contribution >= 4 is 28.7 Å². The number of rotatable bonds is 6. The molecule has 0 aromatic carbocycles. The van der Waals surface area contributed by atoms with Gasteiger partial charge in [-0.1, -0.05) is 13.0 Å². The summed E-state index contributed by atoms with van der Waals surface area (Å²) in [5.74, 6) is 2.15. The third kappa shape index (κ3) is 4.04. The minimum Gasteiger partial charge on any atom is -0.337 e. The molecule has 6 heterocycles. The molecule has 1 aliphatic heterocycles. The zero-order valence-corrected chi connectivity index (χ0v) is 20.1. The Labute approximate surface area is 207 Å². The van der Waals surface area contributed by atoms with Gasteiger partial charge in [0.05, 0.1) is 23.3 Å². The van der Waals surface area contributed by atoms with E-state index in [1.807, 2.05) is 43.8 Å². The first kappa shape index (κ1) is 21.8. The lowest BCUT2D eigenvalue weighted by molar-refractivity contribution is 0.790. The fourth-order valence-corrected chi connectivity index (χ4v) is 4.28. The van der Waals surface area contributed by atoms with Gasteiger partial charge in [0.25, 0.3) is 0 Å². The Morgan fingerprint density at radius 1 is 1.06 bits per heavy atom. The summed E-state index contributed by atoms with van der Waals surface area (Å²) in [6, 6.07) is 3.85. The van der Waals surface area contributed by atoms with E-state index >= 15 is 0 Å². The second-order valence-corrected chi connectivity index (χ2v) is 8.55. The fourth-order valence-electron chi connectivity index (χ4n) is 4.28. The molecule has 6 rings (SSSR count). The molecular formula is C25H25N11. The summed E-state index contributed by atoms with van der Waals surface area (Å²) in [5.41, 5.74) is 5.89. The number of imidazole rings is 1. The van der Waals surface area contributed by atoms with E-state index in [2.05, 4.69) is 57.6 Å². The van der Waals surface area contributed by atoms with Gasteiger partial charge in [-0.15, -0.1) is 0 Å². The number of pyridine rings is 1. The van der Waals surface area contributed by atoms with E-state index in [1.54, 1.807) is 17.2 Å². The molecule has 0 spiro atoms. The number of nitrogens with one attached hydrogen (secondary N) is 1. The third-order valence-electron chi connectivity index (χ3n) is 6.33. The lowest BCUT2D eigenvalue weighted by Gasteiger charge is -2.26. The summed E-state index contributed by atoms with van der Waals surface area (Å²) >= 11 is 0. The van der Waals surface area contributed by atoms with Crippen LogP contribution in [-0.4, -0.2) is 57.2 Å². The van der Waals surface area contributed by atoms with Gasteiger partial charge in [0.1, 0.15) is 12.7 Å². The molecule has 0 radical (unpaired) electrons. The summed E-state index contributed by atoms with van der Waals surface area (Å²) in [6.45, 7) is 5.66. The minimum absolute atomic E-state index is 0.671. The predicted molar refractivity (Wildman–Crippen MR) is 136 cm³/mol. The first-order valence-electron chi connectivity index (χ1n) is 11.9. The van der Waals surface area contributed by atoms with E-state index in [1.165, 1.54) is 11.9 Å². The second-order valence-electron chi connectivity index (χ2n) is 8.55. The van der Waals surface area contributed by atoms with Gasteiger partial charge < -0.3 is 10.2 Å². The van der Waals surface area contributed by atoms with Crippen LogP contribution in [-0.2, 0) is 6.42 Å². The summed E-state index contributed by atoms with van der Waals surface area (Å²) in [7, 11) is 0. The highest BCUT2D eigenvalue weighted by atomic mass is 15.3. The Kier molecular flexibility index (Phi) is 5.56. The van der Waals surface area contributed by atoms with E-state index in [9.17, 15) is 0 Å². The van der Waals surface area contributed by atoms with Gasteiger partial charge in [-0.3, -0.25) is 4.40 Å².